The number of aliphatic carboxylic acids is 1. The topological polar surface area (TPSA) is 57.6 Å². The van der Waals surface area contributed by atoms with Crippen molar-refractivity contribution in [3.63, 3.8) is 0 Å². The van der Waals surface area contributed by atoms with E-state index < -0.39 is 11.4 Å². The lowest BCUT2D eigenvalue weighted by Gasteiger charge is -2.28. The Morgan fingerprint density at radius 1 is 1.33 bits per heavy atom. The first-order valence-corrected chi connectivity index (χ1v) is 6.95. The zero-order valence-corrected chi connectivity index (χ0v) is 11.7. The molecule has 1 aliphatic heterocycles. The van der Waals surface area contributed by atoms with Crippen molar-refractivity contribution in [1.82, 2.24) is 4.90 Å². The maximum atomic E-state index is 12.0. The van der Waals surface area contributed by atoms with Crippen molar-refractivity contribution in [2.24, 2.45) is 11.3 Å². The summed E-state index contributed by atoms with van der Waals surface area (Å²) < 4.78 is 0. The average molecular weight is 255 g/mol. The summed E-state index contributed by atoms with van der Waals surface area (Å²) in [5, 5.41) is 9.41. The molecule has 1 fully saturated rings. The highest BCUT2D eigenvalue weighted by Gasteiger charge is 2.48. The lowest BCUT2D eigenvalue weighted by molar-refractivity contribution is -0.151. The number of hydrogen-bond acceptors (Lipinski definition) is 2. The van der Waals surface area contributed by atoms with E-state index in [2.05, 4.69) is 6.92 Å². The average Bonchev–Trinajstić information content (AvgIpc) is 2.75. The molecule has 1 unspecified atom stereocenters. The lowest BCUT2D eigenvalue weighted by atomic mass is 9.76. The first-order valence-electron chi connectivity index (χ1n) is 6.95. The van der Waals surface area contributed by atoms with E-state index in [1.165, 1.54) is 0 Å². The van der Waals surface area contributed by atoms with Gasteiger partial charge in [0.1, 0.15) is 0 Å². The predicted octanol–water partition coefficient (Wildman–Crippen LogP) is 2.53. The summed E-state index contributed by atoms with van der Waals surface area (Å²) in [6, 6.07) is 0. The molecular formula is C14H25NO3. The van der Waals surface area contributed by atoms with Crippen molar-refractivity contribution in [2.75, 3.05) is 13.1 Å². The van der Waals surface area contributed by atoms with Crippen LogP contribution in [0.15, 0.2) is 0 Å². The van der Waals surface area contributed by atoms with Crippen molar-refractivity contribution in [3.8, 4) is 0 Å². The van der Waals surface area contributed by atoms with Gasteiger partial charge in [-0.25, -0.2) is 0 Å². The zero-order chi connectivity index (χ0) is 13.8. The van der Waals surface area contributed by atoms with Crippen LogP contribution in [0.5, 0.6) is 0 Å². The standard InChI is InChI=1S/C14H25NO3/c1-4-5-6-7-12(16)15-9-8-14(10-15,11(2)3)13(17)18/h11H,4-10H2,1-3H3,(H,17,18). The van der Waals surface area contributed by atoms with Crippen LogP contribution in [0, 0.1) is 11.3 Å². The molecule has 4 heteroatoms. The number of carboxylic acid groups (broad SMARTS) is 1. The van der Waals surface area contributed by atoms with E-state index in [1.54, 1.807) is 4.90 Å². The molecule has 1 amide bonds. The van der Waals surface area contributed by atoms with Gasteiger partial charge in [0.15, 0.2) is 0 Å². The number of carboxylic acids is 1. The second kappa shape index (κ2) is 6.21. The number of carbonyl (C=O) groups excluding carboxylic acids is 1. The monoisotopic (exact) mass is 255 g/mol. The molecule has 4 nitrogen and oxygen atoms in total. The van der Waals surface area contributed by atoms with Crippen molar-refractivity contribution < 1.29 is 14.7 Å². The third-order valence-corrected chi connectivity index (χ3v) is 4.18. The Bertz CT molecular complexity index is 314. The SMILES string of the molecule is CCCCCC(=O)N1CCC(C(=O)O)(C(C)C)C1. The van der Waals surface area contributed by atoms with Crippen LogP contribution in [0.4, 0.5) is 0 Å². The number of amides is 1. The molecule has 1 N–H and O–H groups in total. The van der Waals surface area contributed by atoms with Crippen LogP contribution in [0.1, 0.15) is 52.9 Å². The third-order valence-electron chi connectivity index (χ3n) is 4.18. The highest BCUT2D eigenvalue weighted by Crippen LogP contribution is 2.38. The Hall–Kier alpha value is -1.06. The number of rotatable bonds is 6. The number of likely N-dealkylation sites (tertiary alicyclic amines) is 1. The molecule has 0 aliphatic carbocycles. The molecule has 1 heterocycles. The van der Waals surface area contributed by atoms with Gasteiger partial charge in [0.05, 0.1) is 5.41 Å². The molecule has 0 aromatic heterocycles. The van der Waals surface area contributed by atoms with Crippen LogP contribution in [0.3, 0.4) is 0 Å². The number of hydrogen-bond donors (Lipinski definition) is 1. The summed E-state index contributed by atoms with van der Waals surface area (Å²) >= 11 is 0. The van der Waals surface area contributed by atoms with Crippen LogP contribution < -0.4 is 0 Å². The molecule has 0 aromatic rings. The van der Waals surface area contributed by atoms with Gasteiger partial charge in [0, 0.05) is 19.5 Å². The first-order chi connectivity index (χ1) is 8.44. The van der Waals surface area contributed by atoms with E-state index in [9.17, 15) is 14.7 Å². The van der Waals surface area contributed by atoms with E-state index in [0.29, 0.717) is 25.9 Å². The maximum Gasteiger partial charge on any atom is 0.311 e. The number of unbranched alkanes of at least 4 members (excludes halogenated alkanes) is 2. The Kier molecular flexibility index (Phi) is 5.17. The summed E-state index contributed by atoms with van der Waals surface area (Å²) in [5.41, 5.74) is -0.736. The first kappa shape index (κ1) is 15.0. The minimum Gasteiger partial charge on any atom is -0.481 e. The molecule has 0 saturated carbocycles. The molecule has 0 radical (unpaired) electrons. The van der Waals surface area contributed by atoms with E-state index >= 15 is 0 Å². The number of nitrogens with zero attached hydrogens (tertiary/aromatic N) is 1. The Balaban J connectivity index is 2.58. The van der Waals surface area contributed by atoms with Gasteiger partial charge >= 0.3 is 5.97 Å². The van der Waals surface area contributed by atoms with Crippen LogP contribution in [-0.4, -0.2) is 35.0 Å². The summed E-state index contributed by atoms with van der Waals surface area (Å²) in [4.78, 5) is 25.2. The lowest BCUT2D eigenvalue weighted by Crippen LogP contribution is -2.40. The molecule has 0 bridgehead atoms. The van der Waals surface area contributed by atoms with Gasteiger partial charge in [0.2, 0.25) is 5.91 Å². The Morgan fingerprint density at radius 2 is 2.00 bits per heavy atom. The fourth-order valence-electron chi connectivity index (χ4n) is 2.62. The van der Waals surface area contributed by atoms with Gasteiger partial charge in [-0.15, -0.1) is 0 Å². The molecule has 1 rings (SSSR count). The molecular weight excluding hydrogens is 230 g/mol. The van der Waals surface area contributed by atoms with E-state index in [0.717, 1.165) is 19.3 Å². The molecule has 18 heavy (non-hydrogen) atoms. The van der Waals surface area contributed by atoms with Gasteiger partial charge in [-0.3, -0.25) is 9.59 Å². The second-order valence-corrected chi connectivity index (χ2v) is 5.64. The van der Waals surface area contributed by atoms with E-state index in [1.807, 2.05) is 13.8 Å². The minimum absolute atomic E-state index is 0.0587. The smallest absolute Gasteiger partial charge is 0.311 e. The Labute approximate surface area is 109 Å². The minimum atomic E-state index is -0.763. The summed E-state index contributed by atoms with van der Waals surface area (Å²) in [7, 11) is 0. The van der Waals surface area contributed by atoms with Crippen LogP contribution in [0.2, 0.25) is 0 Å². The summed E-state index contributed by atoms with van der Waals surface area (Å²) in [6.45, 7) is 6.94. The quantitative estimate of drug-likeness (QED) is 0.742. The van der Waals surface area contributed by atoms with Gasteiger partial charge in [-0.05, 0) is 18.8 Å². The van der Waals surface area contributed by atoms with Crippen molar-refractivity contribution in [2.45, 2.75) is 52.9 Å². The maximum absolute atomic E-state index is 12.0. The fraction of sp³-hybridized carbons (Fsp3) is 0.857. The summed E-state index contributed by atoms with van der Waals surface area (Å²) in [6.07, 6.45) is 4.21. The third kappa shape index (κ3) is 3.03. The predicted molar refractivity (Wildman–Crippen MR) is 70.2 cm³/mol. The van der Waals surface area contributed by atoms with E-state index in [4.69, 9.17) is 0 Å². The van der Waals surface area contributed by atoms with Gasteiger partial charge in [-0.1, -0.05) is 33.6 Å². The van der Waals surface area contributed by atoms with Gasteiger partial charge < -0.3 is 10.0 Å². The molecule has 0 aromatic carbocycles. The van der Waals surface area contributed by atoms with Gasteiger partial charge in [0.25, 0.3) is 0 Å². The summed E-state index contributed by atoms with van der Waals surface area (Å²) in [5.74, 6) is -0.586. The second-order valence-electron chi connectivity index (χ2n) is 5.64. The van der Waals surface area contributed by atoms with Crippen molar-refractivity contribution in [1.29, 1.82) is 0 Å². The molecule has 1 saturated heterocycles. The van der Waals surface area contributed by atoms with Crippen molar-refractivity contribution >= 4 is 11.9 Å². The largest absolute Gasteiger partial charge is 0.481 e. The zero-order valence-electron chi connectivity index (χ0n) is 11.7. The van der Waals surface area contributed by atoms with Gasteiger partial charge in [-0.2, -0.15) is 0 Å². The highest BCUT2D eigenvalue weighted by atomic mass is 16.4. The van der Waals surface area contributed by atoms with Crippen LogP contribution in [-0.2, 0) is 9.59 Å². The van der Waals surface area contributed by atoms with Crippen molar-refractivity contribution in [3.05, 3.63) is 0 Å². The molecule has 1 aliphatic rings. The van der Waals surface area contributed by atoms with E-state index in [-0.39, 0.29) is 11.8 Å². The Morgan fingerprint density at radius 3 is 2.44 bits per heavy atom. The number of carbonyl (C=O) groups is 2. The molecule has 0 spiro atoms. The van der Waals surface area contributed by atoms with Crippen LogP contribution in [0.25, 0.3) is 0 Å². The highest BCUT2D eigenvalue weighted by molar-refractivity contribution is 5.80. The van der Waals surface area contributed by atoms with Crippen LogP contribution >= 0.6 is 0 Å². The molecule has 1 atom stereocenters. The normalized spacial score (nSPS) is 23.7. The molecule has 104 valence electrons. The fourth-order valence-corrected chi connectivity index (χ4v) is 2.62.